The largest absolute Gasteiger partial charge is 0.454 e. The maximum Gasteiger partial charge on any atom is 0.339 e. The molecule has 8 nitrogen and oxygen atoms in total. The molecular formula is C27H21N3O5. The van der Waals surface area contributed by atoms with E-state index in [4.69, 9.17) is 9.72 Å². The molecule has 1 N–H and O–H groups in total. The van der Waals surface area contributed by atoms with Crippen LogP contribution in [0.4, 0.5) is 5.69 Å². The van der Waals surface area contributed by atoms with E-state index >= 15 is 0 Å². The number of nitrogens with zero attached hydrogens (tertiary/aromatic N) is 2. The van der Waals surface area contributed by atoms with E-state index in [9.17, 15) is 19.7 Å². The smallest absolute Gasteiger partial charge is 0.339 e. The van der Waals surface area contributed by atoms with Crippen LogP contribution in [0.5, 0.6) is 0 Å². The molecule has 0 radical (unpaired) electrons. The summed E-state index contributed by atoms with van der Waals surface area (Å²) in [4.78, 5) is 44.1. The maximum atomic E-state index is 13.3. The molecule has 0 atom stereocenters. The summed E-state index contributed by atoms with van der Waals surface area (Å²) in [6.07, 6.45) is 5.67. The fourth-order valence-electron chi connectivity index (χ4n) is 4.42. The minimum atomic E-state index is -0.573. The van der Waals surface area contributed by atoms with Crippen molar-refractivity contribution in [2.75, 3.05) is 6.61 Å². The van der Waals surface area contributed by atoms with Crippen LogP contribution in [-0.2, 0) is 11.2 Å². The van der Waals surface area contributed by atoms with E-state index in [1.54, 1.807) is 30.5 Å². The number of benzene rings is 2. The molecule has 0 aliphatic heterocycles. The minimum Gasteiger partial charge on any atom is -0.454 e. The molecule has 0 bridgehead atoms. The maximum absolute atomic E-state index is 13.3. The molecule has 0 fully saturated rings. The van der Waals surface area contributed by atoms with E-state index in [1.165, 1.54) is 12.1 Å². The lowest BCUT2D eigenvalue weighted by atomic mass is 9.86. The van der Waals surface area contributed by atoms with Gasteiger partial charge in [-0.3, -0.25) is 14.9 Å². The topological polar surface area (TPSA) is 115 Å². The molecule has 2 aromatic carbocycles. The number of fused-ring (bicyclic) bond motifs is 2. The number of esters is 1. The number of carbonyl (C=O) groups is 2. The number of nitro benzene ring substituents is 1. The molecule has 5 rings (SSSR count). The Morgan fingerprint density at radius 3 is 2.74 bits per heavy atom. The van der Waals surface area contributed by atoms with Gasteiger partial charge in [0.1, 0.15) is 0 Å². The molecule has 2 aromatic heterocycles. The van der Waals surface area contributed by atoms with Crippen LogP contribution in [0.1, 0.15) is 50.5 Å². The highest BCUT2D eigenvalue weighted by molar-refractivity contribution is 6.07. The highest BCUT2D eigenvalue weighted by Gasteiger charge is 2.26. The number of para-hydroxylation sites is 1. The fraction of sp³-hybridized carbons (Fsp3) is 0.148. The molecule has 0 saturated carbocycles. The number of aromatic nitrogens is 2. The third-order valence-corrected chi connectivity index (χ3v) is 6.03. The molecule has 0 spiro atoms. The lowest BCUT2D eigenvalue weighted by Gasteiger charge is -2.22. The number of rotatable bonds is 6. The van der Waals surface area contributed by atoms with E-state index in [1.807, 2.05) is 30.3 Å². The number of hydrogen-bond donors (Lipinski definition) is 1. The van der Waals surface area contributed by atoms with Gasteiger partial charge >= 0.3 is 5.97 Å². The van der Waals surface area contributed by atoms with Gasteiger partial charge in [-0.25, -0.2) is 9.78 Å². The van der Waals surface area contributed by atoms with E-state index in [2.05, 4.69) is 4.98 Å². The molecule has 0 unspecified atom stereocenters. The average molecular weight is 467 g/mol. The summed E-state index contributed by atoms with van der Waals surface area (Å²) >= 11 is 0. The minimum absolute atomic E-state index is 0.0119. The van der Waals surface area contributed by atoms with Gasteiger partial charge < -0.3 is 9.72 Å². The quantitative estimate of drug-likeness (QED) is 0.176. The van der Waals surface area contributed by atoms with Gasteiger partial charge in [0.15, 0.2) is 6.61 Å². The number of Topliss-reactive ketones (excluding diaryl/α,β-unsaturated/α-hetero) is 1. The standard InChI is InChI=1S/C27H21N3O5/c31-24(23-12-5-13-28-23)16-35-27(32)25-20-9-1-2-11-22(20)29-26-18(7-4-10-21(25)26)14-17-6-3-8-19(15-17)30(33)34/h1-3,5-6,8-9,11-15,28H,4,7,10,16H2. The summed E-state index contributed by atoms with van der Waals surface area (Å²) in [6, 6.07) is 17.1. The van der Waals surface area contributed by atoms with Gasteiger partial charge in [0.25, 0.3) is 5.69 Å². The van der Waals surface area contributed by atoms with Crippen molar-refractivity contribution in [1.82, 2.24) is 9.97 Å². The normalized spacial score (nSPS) is 14.0. The van der Waals surface area contributed by atoms with Crippen molar-refractivity contribution >= 4 is 40.0 Å². The predicted molar refractivity (Wildman–Crippen MR) is 131 cm³/mol. The Morgan fingerprint density at radius 2 is 1.94 bits per heavy atom. The van der Waals surface area contributed by atoms with E-state index in [0.717, 1.165) is 24.0 Å². The van der Waals surface area contributed by atoms with Crippen molar-refractivity contribution < 1.29 is 19.2 Å². The number of nitrogens with one attached hydrogen (secondary N) is 1. The number of carbonyl (C=O) groups excluding carboxylic acids is 2. The summed E-state index contributed by atoms with van der Waals surface area (Å²) in [6.45, 7) is -0.374. The van der Waals surface area contributed by atoms with Crippen LogP contribution >= 0.6 is 0 Å². The first-order chi connectivity index (χ1) is 17.0. The van der Waals surface area contributed by atoms with Gasteiger partial charge in [0.2, 0.25) is 5.78 Å². The number of aromatic amines is 1. The molecule has 1 aliphatic rings. The first-order valence-electron chi connectivity index (χ1n) is 11.2. The molecule has 8 heteroatoms. The highest BCUT2D eigenvalue weighted by Crippen LogP contribution is 2.36. The molecular weight excluding hydrogens is 446 g/mol. The molecule has 2 heterocycles. The summed E-state index contributed by atoms with van der Waals surface area (Å²) < 4.78 is 5.45. The van der Waals surface area contributed by atoms with Crippen LogP contribution in [0.3, 0.4) is 0 Å². The number of ether oxygens (including phenoxy) is 1. The number of non-ortho nitro benzene ring substituents is 1. The third kappa shape index (κ3) is 4.46. The van der Waals surface area contributed by atoms with Gasteiger partial charge in [-0.2, -0.15) is 0 Å². The van der Waals surface area contributed by atoms with Crippen molar-refractivity contribution in [2.45, 2.75) is 19.3 Å². The van der Waals surface area contributed by atoms with Crippen LogP contribution in [0.25, 0.3) is 22.6 Å². The number of hydrogen-bond acceptors (Lipinski definition) is 6. The van der Waals surface area contributed by atoms with Crippen molar-refractivity contribution in [3.63, 3.8) is 0 Å². The van der Waals surface area contributed by atoms with Gasteiger partial charge in [-0.05, 0) is 60.2 Å². The van der Waals surface area contributed by atoms with E-state index in [-0.39, 0.29) is 18.1 Å². The summed E-state index contributed by atoms with van der Waals surface area (Å²) in [5.74, 6) is -0.891. The fourth-order valence-corrected chi connectivity index (χ4v) is 4.42. The highest BCUT2D eigenvalue weighted by atomic mass is 16.6. The third-order valence-electron chi connectivity index (χ3n) is 6.03. The van der Waals surface area contributed by atoms with Crippen LogP contribution in [0, 0.1) is 10.1 Å². The number of H-pyrrole nitrogens is 1. The Balaban J connectivity index is 1.56. The van der Waals surface area contributed by atoms with Crippen molar-refractivity contribution in [3.05, 3.63) is 105 Å². The zero-order valence-corrected chi connectivity index (χ0v) is 18.7. The predicted octanol–water partition coefficient (Wildman–Crippen LogP) is 5.39. The van der Waals surface area contributed by atoms with Crippen LogP contribution < -0.4 is 0 Å². The Hall–Kier alpha value is -4.59. The number of allylic oxidation sites excluding steroid dienone is 1. The second-order valence-electron chi connectivity index (χ2n) is 8.29. The Morgan fingerprint density at radius 1 is 1.09 bits per heavy atom. The van der Waals surface area contributed by atoms with E-state index in [0.29, 0.717) is 39.8 Å². The van der Waals surface area contributed by atoms with Gasteiger partial charge in [-0.1, -0.05) is 30.3 Å². The van der Waals surface area contributed by atoms with Crippen LogP contribution in [0.15, 0.2) is 66.9 Å². The molecule has 1 aliphatic carbocycles. The summed E-state index contributed by atoms with van der Waals surface area (Å²) in [5, 5.41) is 11.9. The summed E-state index contributed by atoms with van der Waals surface area (Å²) in [5.41, 5.74) is 4.48. The van der Waals surface area contributed by atoms with Gasteiger partial charge in [0, 0.05) is 23.7 Å². The SMILES string of the molecule is O=C(COC(=O)c1c2c(nc3ccccc13)C(=Cc1cccc([N+](=O)[O-])c1)CCC2)c1ccc[nH]1. The molecule has 0 saturated heterocycles. The van der Waals surface area contributed by atoms with Crippen molar-refractivity contribution in [2.24, 2.45) is 0 Å². The Labute approximate surface area is 200 Å². The van der Waals surface area contributed by atoms with Gasteiger partial charge in [0.05, 0.1) is 27.4 Å². The summed E-state index contributed by atoms with van der Waals surface area (Å²) in [7, 11) is 0. The van der Waals surface area contributed by atoms with Gasteiger partial charge in [-0.15, -0.1) is 0 Å². The lowest BCUT2D eigenvalue weighted by molar-refractivity contribution is -0.384. The Bertz CT molecular complexity index is 1490. The first-order valence-corrected chi connectivity index (χ1v) is 11.2. The van der Waals surface area contributed by atoms with Crippen LogP contribution in [-0.4, -0.2) is 33.3 Å². The molecule has 35 heavy (non-hydrogen) atoms. The zero-order valence-electron chi connectivity index (χ0n) is 18.7. The Kier molecular flexibility index (Phi) is 5.93. The number of ketones is 1. The lowest BCUT2D eigenvalue weighted by Crippen LogP contribution is -2.18. The number of nitro groups is 1. The monoisotopic (exact) mass is 467 g/mol. The second-order valence-corrected chi connectivity index (χ2v) is 8.29. The zero-order chi connectivity index (χ0) is 24.4. The van der Waals surface area contributed by atoms with Crippen molar-refractivity contribution in [1.29, 1.82) is 0 Å². The number of pyridine rings is 1. The van der Waals surface area contributed by atoms with E-state index < -0.39 is 10.9 Å². The molecule has 174 valence electrons. The molecule has 4 aromatic rings. The molecule has 0 amide bonds. The first kappa shape index (κ1) is 22.2. The van der Waals surface area contributed by atoms with Crippen molar-refractivity contribution in [3.8, 4) is 0 Å². The average Bonchev–Trinajstić information content (AvgIpc) is 3.41. The second kappa shape index (κ2) is 9.34. The van der Waals surface area contributed by atoms with Crippen LogP contribution in [0.2, 0.25) is 0 Å².